The van der Waals surface area contributed by atoms with Crippen LogP contribution in [0, 0.1) is 25.7 Å². The van der Waals surface area contributed by atoms with E-state index in [-0.39, 0.29) is 11.8 Å². The summed E-state index contributed by atoms with van der Waals surface area (Å²) >= 11 is 0. The van der Waals surface area contributed by atoms with E-state index >= 15 is 0 Å². The van der Waals surface area contributed by atoms with E-state index in [1.54, 1.807) is 10.4 Å². The largest absolute Gasteiger partial charge is 0.342 e. The highest BCUT2D eigenvalue weighted by Gasteiger charge is 2.34. The molecule has 0 aromatic heterocycles. The van der Waals surface area contributed by atoms with Crippen LogP contribution in [0.15, 0.2) is 23.1 Å². The number of carbonyl (C=O) groups excluding carboxylic acids is 1. The molecule has 1 aromatic rings. The SMILES string of the molecule is Cc1ccc(S(=O)(=O)N2CCC(C(=O)N3CCC(C)CC3)CC2)c(C)c1. The summed E-state index contributed by atoms with van der Waals surface area (Å²) in [4.78, 5) is 15.1. The van der Waals surface area contributed by atoms with Crippen molar-refractivity contribution < 1.29 is 13.2 Å². The van der Waals surface area contributed by atoms with Crippen LogP contribution in [-0.4, -0.2) is 49.7 Å². The van der Waals surface area contributed by atoms with Gasteiger partial charge in [0, 0.05) is 32.1 Å². The maximum atomic E-state index is 13.0. The molecule has 0 atom stereocenters. The molecule has 144 valence electrons. The summed E-state index contributed by atoms with van der Waals surface area (Å²) in [5.74, 6) is 0.887. The number of carbonyl (C=O) groups is 1. The summed E-state index contributed by atoms with van der Waals surface area (Å²) in [5, 5.41) is 0. The van der Waals surface area contributed by atoms with E-state index in [1.165, 1.54) is 0 Å². The Morgan fingerprint density at radius 2 is 1.62 bits per heavy atom. The van der Waals surface area contributed by atoms with Crippen LogP contribution in [0.1, 0.15) is 43.7 Å². The van der Waals surface area contributed by atoms with E-state index in [0.29, 0.717) is 36.7 Å². The standard InChI is InChI=1S/C20H30N2O3S/c1-15-6-10-21(11-7-15)20(23)18-8-12-22(13-9-18)26(24,25)19-5-4-16(2)14-17(19)3/h4-5,14-15,18H,6-13H2,1-3H3. The lowest BCUT2D eigenvalue weighted by molar-refractivity contribution is -0.138. The molecular formula is C20H30N2O3S. The van der Waals surface area contributed by atoms with E-state index in [1.807, 2.05) is 30.9 Å². The summed E-state index contributed by atoms with van der Waals surface area (Å²) in [6.45, 7) is 8.59. The average molecular weight is 379 g/mol. The molecule has 0 unspecified atom stereocenters. The molecule has 3 rings (SSSR count). The monoisotopic (exact) mass is 378 g/mol. The Morgan fingerprint density at radius 3 is 2.19 bits per heavy atom. The maximum absolute atomic E-state index is 13.0. The molecule has 6 heteroatoms. The maximum Gasteiger partial charge on any atom is 0.243 e. The van der Waals surface area contributed by atoms with Crippen molar-refractivity contribution in [3.8, 4) is 0 Å². The van der Waals surface area contributed by atoms with Crippen LogP contribution in [0.5, 0.6) is 0 Å². The van der Waals surface area contributed by atoms with Gasteiger partial charge in [0.15, 0.2) is 0 Å². The van der Waals surface area contributed by atoms with Crippen LogP contribution in [0.4, 0.5) is 0 Å². The fourth-order valence-corrected chi connectivity index (χ4v) is 5.73. The molecule has 0 saturated carbocycles. The van der Waals surface area contributed by atoms with Gasteiger partial charge in [-0.1, -0.05) is 24.6 Å². The molecule has 26 heavy (non-hydrogen) atoms. The van der Waals surface area contributed by atoms with Gasteiger partial charge in [0.05, 0.1) is 4.90 Å². The average Bonchev–Trinajstić information content (AvgIpc) is 2.61. The lowest BCUT2D eigenvalue weighted by Gasteiger charge is -2.36. The number of piperidine rings is 2. The Bertz CT molecular complexity index is 759. The number of sulfonamides is 1. The molecule has 0 N–H and O–H groups in total. The first-order valence-corrected chi connectivity index (χ1v) is 11.1. The number of amides is 1. The summed E-state index contributed by atoms with van der Waals surface area (Å²) in [6, 6.07) is 5.44. The van der Waals surface area contributed by atoms with Gasteiger partial charge in [-0.3, -0.25) is 4.79 Å². The summed E-state index contributed by atoms with van der Waals surface area (Å²) < 4.78 is 27.5. The van der Waals surface area contributed by atoms with Gasteiger partial charge >= 0.3 is 0 Å². The van der Waals surface area contributed by atoms with Crippen LogP contribution < -0.4 is 0 Å². The smallest absolute Gasteiger partial charge is 0.243 e. The van der Waals surface area contributed by atoms with Crippen molar-refractivity contribution in [2.45, 2.75) is 51.3 Å². The first-order chi connectivity index (χ1) is 12.3. The second-order valence-corrected chi connectivity index (χ2v) is 9.86. The first-order valence-electron chi connectivity index (χ1n) is 9.65. The number of nitrogens with zero attached hydrogens (tertiary/aromatic N) is 2. The van der Waals surface area contributed by atoms with Gasteiger partial charge in [0.25, 0.3) is 0 Å². The van der Waals surface area contributed by atoms with E-state index in [0.717, 1.165) is 37.1 Å². The third kappa shape index (κ3) is 3.96. The third-order valence-corrected chi connectivity index (χ3v) is 7.91. The fraction of sp³-hybridized carbons (Fsp3) is 0.650. The highest BCUT2D eigenvalue weighted by Crippen LogP contribution is 2.28. The molecule has 1 aromatic carbocycles. The number of aryl methyl sites for hydroxylation is 2. The zero-order valence-electron chi connectivity index (χ0n) is 16.1. The number of hydrogen-bond acceptors (Lipinski definition) is 3. The van der Waals surface area contributed by atoms with Crippen LogP contribution in [0.3, 0.4) is 0 Å². The minimum Gasteiger partial charge on any atom is -0.342 e. The van der Waals surface area contributed by atoms with Gasteiger partial charge in [-0.05, 0) is 57.1 Å². The van der Waals surface area contributed by atoms with Crippen LogP contribution in [0.2, 0.25) is 0 Å². The minimum absolute atomic E-state index is 0.0334. The van der Waals surface area contributed by atoms with Crippen molar-refractivity contribution >= 4 is 15.9 Å². The van der Waals surface area contributed by atoms with Crippen molar-refractivity contribution in [3.05, 3.63) is 29.3 Å². The number of rotatable bonds is 3. The second-order valence-electron chi connectivity index (χ2n) is 7.96. The Kier molecular flexibility index (Phi) is 5.72. The molecule has 0 spiro atoms. The number of hydrogen-bond donors (Lipinski definition) is 0. The molecule has 0 radical (unpaired) electrons. The highest BCUT2D eigenvalue weighted by atomic mass is 32.2. The molecule has 2 saturated heterocycles. The Labute approximate surface area is 157 Å². The zero-order valence-corrected chi connectivity index (χ0v) is 16.9. The summed E-state index contributed by atoms with van der Waals surface area (Å²) in [6.07, 6.45) is 3.39. The van der Waals surface area contributed by atoms with Gasteiger partial charge < -0.3 is 4.90 Å². The minimum atomic E-state index is -3.48. The highest BCUT2D eigenvalue weighted by molar-refractivity contribution is 7.89. The molecule has 2 aliphatic heterocycles. The van der Waals surface area contributed by atoms with Gasteiger partial charge in [0.1, 0.15) is 0 Å². The molecule has 0 bridgehead atoms. The van der Waals surface area contributed by atoms with Crippen molar-refractivity contribution in [2.24, 2.45) is 11.8 Å². The van der Waals surface area contributed by atoms with Crippen molar-refractivity contribution in [1.82, 2.24) is 9.21 Å². The summed E-state index contributed by atoms with van der Waals surface area (Å²) in [7, 11) is -3.48. The molecule has 2 aliphatic rings. The van der Waals surface area contributed by atoms with E-state index in [9.17, 15) is 13.2 Å². The van der Waals surface area contributed by atoms with Crippen LogP contribution in [-0.2, 0) is 14.8 Å². The Balaban J connectivity index is 1.63. The molecule has 5 nitrogen and oxygen atoms in total. The van der Waals surface area contributed by atoms with Crippen LogP contribution in [0.25, 0.3) is 0 Å². The van der Waals surface area contributed by atoms with E-state index in [2.05, 4.69) is 6.92 Å². The van der Waals surface area contributed by atoms with E-state index < -0.39 is 10.0 Å². The van der Waals surface area contributed by atoms with Crippen molar-refractivity contribution in [2.75, 3.05) is 26.2 Å². The van der Waals surface area contributed by atoms with Gasteiger partial charge in [-0.15, -0.1) is 0 Å². The summed E-state index contributed by atoms with van der Waals surface area (Å²) in [5.41, 5.74) is 1.84. The molecular weight excluding hydrogens is 348 g/mol. The second kappa shape index (κ2) is 7.69. The third-order valence-electron chi connectivity index (χ3n) is 5.85. The Morgan fingerprint density at radius 1 is 1.00 bits per heavy atom. The number of benzene rings is 1. The van der Waals surface area contributed by atoms with Crippen LogP contribution >= 0.6 is 0 Å². The molecule has 2 fully saturated rings. The van der Waals surface area contributed by atoms with Gasteiger partial charge in [0.2, 0.25) is 15.9 Å². The normalized spacial score (nSPS) is 21.1. The van der Waals surface area contributed by atoms with Crippen molar-refractivity contribution in [1.29, 1.82) is 0 Å². The molecule has 0 aliphatic carbocycles. The quantitative estimate of drug-likeness (QED) is 0.812. The van der Waals surface area contributed by atoms with E-state index in [4.69, 9.17) is 0 Å². The fourth-order valence-electron chi connectivity index (χ4n) is 4.06. The predicted molar refractivity (Wildman–Crippen MR) is 102 cm³/mol. The lowest BCUT2D eigenvalue weighted by atomic mass is 9.93. The van der Waals surface area contributed by atoms with Gasteiger partial charge in [-0.2, -0.15) is 4.31 Å². The van der Waals surface area contributed by atoms with Gasteiger partial charge in [-0.25, -0.2) is 8.42 Å². The zero-order chi connectivity index (χ0) is 18.9. The topological polar surface area (TPSA) is 57.7 Å². The lowest BCUT2D eigenvalue weighted by Crippen LogP contribution is -2.46. The molecule has 1 amide bonds. The Hall–Kier alpha value is -1.40. The number of likely N-dealkylation sites (tertiary alicyclic amines) is 1. The first kappa shape index (κ1) is 19.4. The predicted octanol–water partition coefficient (Wildman–Crippen LogP) is 2.96. The van der Waals surface area contributed by atoms with Crippen molar-refractivity contribution in [3.63, 3.8) is 0 Å². The molecule has 2 heterocycles.